The number of hydrogen-bond donors (Lipinski definition) is 0. The van der Waals surface area contributed by atoms with Crippen LogP contribution < -0.4 is 9.80 Å². The van der Waals surface area contributed by atoms with Crippen molar-refractivity contribution in [3.05, 3.63) is 212 Å². The Morgan fingerprint density at radius 3 is 0.972 bits per heavy atom. The standard InChI is InChI=1S/C68H60N2O2/c1-37-21-25-53(41(5)29-37)69(54-26-22-38(2)30-42(54)6)57-35-51-61(65-63(57)45-17-13-15-19-59(45)71-65)47-33-50-48(34-49(47)67(51,9)10)62-52(68(50,11)12)36-58(64-46-18-14-16-20-60(46)72-66(62)64)70(55-27-23-39(3)31-43(55)7)56-28-24-40(4)32-44(56)8/h13-36H,1-12H3. The SMILES string of the molecule is Cc1ccc(N(c2ccc(C)cc2C)c2cc3c(c4oc5ccccc5c24)-c2cc4c(cc2C3(C)C)-c2c(cc(N(c3ccc(C)cc3C)c3ccc(C)cc3C)c3c2oc2ccccc23)C4(C)C)c(C)c1. The second kappa shape index (κ2) is 15.3. The van der Waals surface area contributed by atoms with E-state index in [9.17, 15) is 0 Å². The molecule has 0 saturated heterocycles. The van der Waals surface area contributed by atoms with Gasteiger partial charge in [0.05, 0.1) is 22.1 Å². The lowest BCUT2D eigenvalue weighted by Crippen LogP contribution is -2.18. The van der Waals surface area contributed by atoms with Gasteiger partial charge in [-0.1, -0.05) is 135 Å². The van der Waals surface area contributed by atoms with Gasteiger partial charge in [-0.15, -0.1) is 0 Å². The van der Waals surface area contributed by atoms with Gasteiger partial charge in [0.2, 0.25) is 0 Å². The summed E-state index contributed by atoms with van der Waals surface area (Å²) in [5.74, 6) is 0. The van der Waals surface area contributed by atoms with E-state index >= 15 is 0 Å². The van der Waals surface area contributed by atoms with Gasteiger partial charge in [-0.25, -0.2) is 0 Å². The van der Waals surface area contributed by atoms with Crippen LogP contribution in [0.4, 0.5) is 34.1 Å². The first-order chi connectivity index (χ1) is 34.5. The number of fused-ring (bicyclic) bond motifs is 14. The Morgan fingerprint density at radius 2 is 0.653 bits per heavy atom. The Morgan fingerprint density at radius 1 is 0.333 bits per heavy atom. The average molecular weight is 937 g/mol. The molecule has 0 saturated carbocycles. The maximum Gasteiger partial charge on any atom is 0.145 e. The topological polar surface area (TPSA) is 32.8 Å². The fraction of sp³-hybridized carbons (Fsp3) is 0.206. The minimum Gasteiger partial charge on any atom is -0.455 e. The van der Waals surface area contributed by atoms with Gasteiger partial charge in [0.15, 0.2) is 0 Å². The number of benzene rings is 9. The van der Waals surface area contributed by atoms with Crippen LogP contribution in [0.25, 0.3) is 66.1 Å². The Bertz CT molecular complexity index is 3780. The second-order valence-electron chi connectivity index (χ2n) is 22.3. The molecule has 4 nitrogen and oxygen atoms in total. The third-order valence-electron chi connectivity index (χ3n) is 16.5. The van der Waals surface area contributed by atoms with Crippen molar-refractivity contribution in [3.63, 3.8) is 0 Å². The predicted octanol–water partition coefficient (Wildman–Crippen LogP) is 19.5. The molecule has 0 unspecified atom stereocenters. The molecule has 11 aromatic rings. The van der Waals surface area contributed by atoms with Crippen molar-refractivity contribution >= 4 is 78.0 Å². The van der Waals surface area contributed by atoms with Crippen molar-refractivity contribution in [2.75, 3.05) is 9.80 Å². The fourth-order valence-corrected chi connectivity index (χ4v) is 13.0. The second-order valence-corrected chi connectivity index (χ2v) is 22.3. The van der Waals surface area contributed by atoms with Gasteiger partial charge < -0.3 is 18.6 Å². The highest BCUT2D eigenvalue weighted by Gasteiger charge is 2.46. The molecule has 9 aromatic carbocycles. The lowest BCUT2D eigenvalue weighted by molar-refractivity contribution is 0.648. The van der Waals surface area contributed by atoms with Crippen molar-refractivity contribution in [2.45, 2.75) is 93.9 Å². The largest absolute Gasteiger partial charge is 0.455 e. The summed E-state index contributed by atoms with van der Waals surface area (Å²) >= 11 is 0. The van der Waals surface area contributed by atoms with Crippen molar-refractivity contribution in [1.82, 2.24) is 0 Å². The van der Waals surface area contributed by atoms with Crippen LogP contribution in [0.5, 0.6) is 0 Å². The minimum absolute atomic E-state index is 0.388. The van der Waals surface area contributed by atoms with Gasteiger partial charge in [0.1, 0.15) is 22.3 Å². The first-order valence-electron chi connectivity index (χ1n) is 25.6. The van der Waals surface area contributed by atoms with Gasteiger partial charge in [-0.05, 0) is 172 Å². The number of nitrogens with zero attached hydrogens (tertiary/aromatic N) is 2. The first kappa shape index (κ1) is 44.1. The van der Waals surface area contributed by atoms with E-state index in [2.05, 4.69) is 238 Å². The van der Waals surface area contributed by atoms with Crippen LogP contribution in [0.3, 0.4) is 0 Å². The van der Waals surface area contributed by atoms with E-state index in [1.165, 1.54) is 89.0 Å². The molecule has 4 heteroatoms. The number of furan rings is 2. The van der Waals surface area contributed by atoms with Crippen molar-refractivity contribution in [2.24, 2.45) is 0 Å². The Labute approximate surface area is 423 Å². The van der Waals surface area contributed by atoms with E-state index < -0.39 is 0 Å². The summed E-state index contributed by atoms with van der Waals surface area (Å²) in [5.41, 5.74) is 29.6. The van der Waals surface area contributed by atoms with Gasteiger partial charge in [0.25, 0.3) is 0 Å². The van der Waals surface area contributed by atoms with Crippen LogP contribution in [0, 0.1) is 55.4 Å². The minimum atomic E-state index is -0.388. The van der Waals surface area contributed by atoms with E-state index in [1.807, 2.05) is 0 Å². The highest BCUT2D eigenvalue weighted by Crippen LogP contribution is 2.62. The molecule has 0 spiro atoms. The lowest BCUT2D eigenvalue weighted by atomic mass is 9.79. The molecule has 0 radical (unpaired) electrons. The Kier molecular flexibility index (Phi) is 9.41. The van der Waals surface area contributed by atoms with Gasteiger partial charge in [0, 0.05) is 55.5 Å². The molecule has 72 heavy (non-hydrogen) atoms. The zero-order valence-electron chi connectivity index (χ0n) is 43.6. The molecule has 0 fully saturated rings. The quantitative estimate of drug-likeness (QED) is 0.166. The van der Waals surface area contributed by atoms with Crippen molar-refractivity contribution in [3.8, 4) is 22.3 Å². The molecule has 13 rings (SSSR count). The highest BCUT2D eigenvalue weighted by atomic mass is 16.3. The summed E-state index contributed by atoms with van der Waals surface area (Å²) in [6, 6.07) is 54.6. The van der Waals surface area contributed by atoms with Crippen LogP contribution in [-0.2, 0) is 10.8 Å². The van der Waals surface area contributed by atoms with E-state index in [0.717, 1.165) is 78.0 Å². The van der Waals surface area contributed by atoms with Gasteiger partial charge in [-0.2, -0.15) is 0 Å². The summed E-state index contributed by atoms with van der Waals surface area (Å²) < 4.78 is 14.5. The monoisotopic (exact) mass is 936 g/mol. The van der Waals surface area contributed by atoms with E-state index in [1.54, 1.807) is 0 Å². The molecule has 2 aliphatic carbocycles. The molecule has 0 atom stereocenters. The maximum absolute atomic E-state index is 7.24. The van der Waals surface area contributed by atoms with Gasteiger partial charge in [-0.3, -0.25) is 0 Å². The lowest BCUT2D eigenvalue weighted by Gasteiger charge is -2.31. The smallest absolute Gasteiger partial charge is 0.145 e. The molecule has 0 amide bonds. The summed E-state index contributed by atoms with van der Waals surface area (Å²) in [6.07, 6.45) is 0. The maximum atomic E-state index is 7.24. The Balaban J connectivity index is 1.09. The number of aryl methyl sites for hydroxylation is 8. The molecule has 2 heterocycles. The summed E-state index contributed by atoms with van der Waals surface area (Å²) in [4.78, 5) is 5.00. The van der Waals surface area contributed by atoms with Crippen LogP contribution in [0.1, 0.15) is 94.5 Å². The number of para-hydroxylation sites is 2. The number of hydrogen-bond acceptors (Lipinski definition) is 4. The summed E-state index contributed by atoms with van der Waals surface area (Å²) in [6.45, 7) is 27.3. The van der Waals surface area contributed by atoms with Crippen LogP contribution >= 0.6 is 0 Å². The molecule has 0 bridgehead atoms. The number of anilines is 6. The van der Waals surface area contributed by atoms with Crippen molar-refractivity contribution in [1.29, 1.82) is 0 Å². The molecular formula is C68H60N2O2. The molecule has 0 aliphatic heterocycles. The Hall–Kier alpha value is -7.82. The molecule has 354 valence electrons. The predicted molar refractivity (Wildman–Crippen MR) is 303 cm³/mol. The highest BCUT2D eigenvalue weighted by molar-refractivity contribution is 6.21. The summed E-state index contributed by atoms with van der Waals surface area (Å²) in [5, 5.41) is 4.48. The molecule has 2 aliphatic rings. The first-order valence-corrected chi connectivity index (χ1v) is 25.6. The normalized spacial score (nSPS) is 14.1. The van der Waals surface area contributed by atoms with Crippen LogP contribution in [-0.4, -0.2) is 0 Å². The van der Waals surface area contributed by atoms with E-state index in [4.69, 9.17) is 8.83 Å². The van der Waals surface area contributed by atoms with E-state index in [-0.39, 0.29) is 10.8 Å². The third kappa shape index (κ3) is 6.17. The average Bonchev–Trinajstić information content (AvgIpc) is 4.04. The zero-order valence-corrected chi connectivity index (χ0v) is 43.6. The fourth-order valence-electron chi connectivity index (χ4n) is 13.0. The molecule has 0 N–H and O–H groups in total. The molecule has 2 aromatic heterocycles. The van der Waals surface area contributed by atoms with Crippen LogP contribution in [0.15, 0.2) is 154 Å². The van der Waals surface area contributed by atoms with Crippen molar-refractivity contribution < 1.29 is 8.83 Å². The van der Waals surface area contributed by atoms with Crippen LogP contribution in [0.2, 0.25) is 0 Å². The number of rotatable bonds is 6. The molecular weight excluding hydrogens is 877 g/mol. The summed E-state index contributed by atoms with van der Waals surface area (Å²) in [7, 11) is 0. The third-order valence-corrected chi connectivity index (χ3v) is 16.5. The zero-order chi connectivity index (χ0) is 49.9. The van der Waals surface area contributed by atoms with E-state index in [0.29, 0.717) is 0 Å². The van der Waals surface area contributed by atoms with Gasteiger partial charge >= 0.3 is 0 Å².